The van der Waals surface area contributed by atoms with Gasteiger partial charge >= 0.3 is 0 Å². The average Bonchev–Trinajstić information content (AvgIpc) is 3.20. The minimum absolute atomic E-state index is 0.156. The van der Waals surface area contributed by atoms with Crippen molar-refractivity contribution in [1.29, 1.82) is 0 Å². The number of likely N-dealkylation sites (N-methyl/N-ethyl adjacent to an activating group) is 1. The van der Waals surface area contributed by atoms with Gasteiger partial charge in [-0.25, -0.2) is 0 Å². The van der Waals surface area contributed by atoms with Crippen molar-refractivity contribution in [2.45, 2.75) is 25.4 Å². The molecule has 0 aliphatic heterocycles. The first-order valence-corrected chi connectivity index (χ1v) is 6.80. The van der Waals surface area contributed by atoms with Crippen molar-refractivity contribution in [2.75, 3.05) is 32.6 Å². The molecule has 4 nitrogen and oxygen atoms in total. The standard InChI is InChI=1S/C15H23N3O/c1-17(2)14-8-4-12(5-9-14)11-18(3)15(19)10-16-13-6-7-13/h4-5,8-9,13,16H,6-7,10-11H2,1-3H3. The number of nitrogens with one attached hydrogen (secondary N) is 1. The van der Waals surface area contributed by atoms with Crippen molar-refractivity contribution in [1.82, 2.24) is 10.2 Å². The zero-order valence-corrected chi connectivity index (χ0v) is 12.0. The van der Waals surface area contributed by atoms with E-state index in [4.69, 9.17) is 0 Å². The van der Waals surface area contributed by atoms with E-state index in [9.17, 15) is 4.79 Å². The van der Waals surface area contributed by atoms with Gasteiger partial charge in [0.05, 0.1) is 6.54 Å². The second-order valence-corrected chi connectivity index (χ2v) is 5.47. The highest BCUT2D eigenvalue weighted by Crippen LogP contribution is 2.18. The van der Waals surface area contributed by atoms with Crippen LogP contribution in [0.3, 0.4) is 0 Å². The summed E-state index contributed by atoms with van der Waals surface area (Å²) in [4.78, 5) is 15.8. The summed E-state index contributed by atoms with van der Waals surface area (Å²) in [7, 11) is 5.90. The molecule has 1 aliphatic carbocycles. The Hall–Kier alpha value is -1.55. The van der Waals surface area contributed by atoms with Crippen LogP contribution in [0.2, 0.25) is 0 Å². The molecule has 1 amide bonds. The molecule has 0 spiro atoms. The van der Waals surface area contributed by atoms with Crippen LogP contribution in [0.15, 0.2) is 24.3 Å². The maximum atomic E-state index is 11.9. The minimum atomic E-state index is 0.156. The largest absolute Gasteiger partial charge is 0.378 e. The first-order valence-electron chi connectivity index (χ1n) is 6.80. The number of benzene rings is 1. The molecule has 0 radical (unpaired) electrons. The fraction of sp³-hybridized carbons (Fsp3) is 0.533. The molecule has 0 aromatic heterocycles. The summed E-state index contributed by atoms with van der Waals surface area (Å²) >= 11 is 0. The van der Waals surface area contributed by atoms with E-state index in [2.05, 4.69) is 34.5 Å². The minimum Gasteiger partial charge on any atom is -0.378 e. The molecule has 1 aromatic rings. The van der Waals surface area contributed by atoms with Crippen LogP contribution in [0.4, 0.5) is 5.69 Å². The molecule has 2 rings (SSSR count). The highest BCUT2D eigenvalue weighted by Gasteiger charge is 2.21. The van der Waals surface area contributed by atoms with Gasteiger partial charge in [0, 0.05) is 39.4 Å². The molecule has 0 unspecified atom stereocenters. The molecule has 1 saturated carbocycles. The lowest BCUT2D eigenvalue weighted by Crippen LogP contribution is -2.35. The van der Waals surface area contributed by atoms with Crippen LogP contribution < -0.4 is 10.2 Å². The van der Waals surface area contributed by atoms with Gasteiger partial charge in [-0.3, -0.25) is 4.79 Å². The Morgan fingerprint density at radius 1 is 1.21 bits per heavy atom. The first kappa shape index (κ1) is 13.9. The predicted molar refractivity (Wildman–Crippen MR) is 78.3 cm³/mol. The van der Waals surface area contributed by atoms with E-state index in [-0.39, 0.29) is 5.91 Å². The number of anilines is 1. The Labute approximate surface area is 115 Å². The van der Waals surface area contributed by atoms with E-state index < -0.39 is 0 Å². The van der Waals surface area contributed by atoms with Crippen molar-refractivity contribution >= 4 is 11.6 Å². The van der Waals surface area contributed by atoms with Crippen molar-refractivity contribution in [2.24, 2.45) is 0 Å². The fourth-order valence-electron chi connectivity index (χ4n) is 1.92. The molecule has 1 aromatic carbocycles. The summed E-state index contributed by atoms with van der Waals surface area (Å²) in [5, 5.41) is 3.25. The zero-order valence-electron chi connectivity index (χ0n) is 12.0. The number of rotatable bonds is 6. The Morgan fingerprint density at radius 3 is 2.37 bits per heavy atom. The molecule has 104 valence electrons. The summed E-state index contributed by atoms with van der Waals surface area (Å²) in [6.45, 7) is 1.12. The summed E-state index contributed by atoms with van der Waals surface area (Å²) in [6.07, 6.45) is 2.42. The molecular weight excluding hydrogens is 238 g/mol. The number of amides is 1. The normalized spacial score (nSPS) is 14.3. The lowest BCUT2D eigenvalue weighted by atomic mass is 10.2. The number of carbonyl (C=O) groups is 1. The average molecular weight is 261 g/mol. The van der Waals surface area contributed by atoms with Gasteiger partial charge in [-0.2, -0.15) is 0 Å². The molecule has 1 fully saturated rings. The van der Waals surface area contributed by atoms with E-state index >= 15 is 0 Å². The summed E-state index contributed by atoms with van der Waals surface area (Å²) in [6, 6.07) is 8.89. The smallest absolute Gasteiger partial charge is 0.236 e. The van der Waals surface area contributed by atoms with E-state index in [1.807, 2.05) is 21.1 Å². The number of carbonyl (C=O) groups excluding carboxylic acids is 1. The lowest BCUT2D eigenvalue weighted by Gasteiger charge is -2.18. The van der Waals surface area contributed by atoms with Crippen molar-refractivity contribution < 1.29 is 4.79 Å². The molecule has 0 heterocycles. The lowest BCUT2D eigenvalue weighted by molar-refractivity contribution is -0.129. The second kappa shape index (κ2) is 6.06. The third-order valence-corrected chi connectivity index (χ3v) is 3.42. The maximum absolute atomic E-state index is 11.9. The topological polar surface area (TPSA) is 35.6 Å². The molecule has 0 bridgehead atoms. The monoisotopic (exact) mass is 261 g/mol. The fourth-order valence-corrected chi connectivity index (χ4v) is 1.92. The van der Waals surface area contributed by atoms with Gasteiger partial charge in [0.25, 0.3) is 0 Å². The van der Waals surface area contributed by atoms with Crippen LogP contribution in [-0.2, 0) is 11.3 Å². The van der Waals surface area contributed by atoms with Gasteiger partial charge in [0.1, 0.15) is 0 Å². The number of hydrogen-bond donors (Lipinski definition) is 1. The van der Waals surface area contributed by atoms with Crippen molar-refractivity contribution in [3.63, 3.8) is 0 Å². The van der Waals surface area contributed by atoms with Crippen LogP contribution in [-0.4, -0.2) is 44.5 Å². The molecule has 4 heteroatoms. The van der Waals surface area contributed by atoms with E-state index in [1.165, 1.54) is 18.5 Å². The van der Waals surface area contributed by atoms with Crippen LogP contribution in [0.1, 0.15) is 18.4 Å². The van der Waals surface area contributed by atoms with E-state index in [0.29, 0.717) is 19.1 Å². The maximum Gasteiger partial charge on any atom is 0.236 e. The van der Waals surface area contributed by atoms with Gasteiger partial charge in [0.2, 0.25) is 5.91 Å². The summed E-state index contributed by atoms with van der Waals surface area (Å²) in [5.74, 6) is 0.156. The number of nitrogens with zero attached hydrogens (tertiary/aromatic N) is 2. The van der Waals surface area contributed by atoms with Gasteiger partial charge in [-0.1, -0.05) is 12.1 Å². The summed E-state index contributed by atoms with van der Waals surface area (Å²) < 4.78 is 0. The Morgan fingerprint density at radius 2 is 1.84 bits per heavy atom. The van der Waals surface area contributed by atoms with Gasteiger partial charge in [0.15, 0.2) is 0 Å². The van der Waals surface area contributed by atoms with Gasteiger partial charge in [-0.15, -0.1) is 0 Å². The van der Waals surface area contributed by atoms with Crippen LogP contribution in [0, 0.1) is 0 Å². The third kappa shape index (κ3) is 4.24. The SMILES string of the molecule is CN(Cc1ccc(N(C)C)cc1)C(=O)CNC1CC1. The second-order valence-electron chi connectivity index (χ2n) is 5.47. The van der Waals surface area contributed by atoms with Crippen LogP contribution in [0.5, 0.6) is 0 Å². The molecule has 1 aliphatic rings. The molecular formula is C15H23N3O. The Balaban J connectivity index is 1.82. The molecule has 19 heavy (non-hydrogen) atoms. The van der Waals surface area contributed by atoms with Gasteiger partial charge < -0.3 is 15.1 Å². The molecule has 0 saturated heterocycles. The van der Waals surface area contributed by atoms with Crippen LogP contribution >= 0.6 is 0 Å². The Kier molecular flexibility index (Phi) is 4.43. The predicted octanol–water partition coefficient (Wildman–Crippen LogP) is 1.46. The van der Waals surface area contributed by atoms with E-state index in [0.717, 1.165) is 5.56 Å². The highest BCUT2D eigenvalue weighted by atomic mass is 16.2. The van der Waals surface area contributed by atoms with Crippen molar-refractivity contribution in [3.05, 3.63) is 29.8 Å². The molecule has 1 N–H and O–H groups in total. The number of hydrogen-bond acceptors (Lipinski definition) is 3. The highest BCUT2D eigenvalue weighted by molar-refractivity contribution is 5.78. The third-order valence-electron chi connectivity index (χ3n) is 3.42. The van der Waals surface area contributed by atoms with E-state index in [1.54, 1.807) is 4.90 Å². The Bertz CT molecular complexity index is 424. The first-order chi connectivity index (χ1) is 9.06. The molecule has 0 atom stereocenters. The van der Waals surface area contributed by atoms with Crippen molar-refractivity contribution in [3.8, 4) is 0 Å². The summed E-state index contributed by atoms with van der Waals surface area (Å²) in [5.41, 5.74) is 2.33. The van der Waals surface area contributed by atoms with Gasteiger partial charge in [-0.05, 0) is 30.5 Å². The van der Waals surface area contributed by atoms with Crippen LogP contribution in [0.25, 0.3) is 0 Å². The zero-order chi connectivity index (χ0) is 13.8. The quantitative estimate of drug-likeness (QED) is 0.842.